The Labute approximate surface area is 181 Å². The number of hydrogen-bond donors (Lipinski definition) is 0. The zero-order chi connectivity index (χ0) is 20.4. The van der Waals surface area contributed by atoms with Crippen molar-refractivity contribution in [3.05, 3.63) is 102 Å². The first-order valence-electron chi connectivity index (χ1n) is 11.3. The van der Waals surface area contributed by atoms with Crippen molar-refractivity contribution in [1.82, 2.24) is 0 Å². The van der Waals surface area contributed by atoms with E-state index in [0.29, 0.717) is 11.7 Å². The molecule has 2 unspecified atom stereocenters. The number of Topliss-reactive ketones (excluding diaryl/α,β-unsaturated/α-hetero) is 1. The van der Waals surface area contributed by atoms with Gasteiger partial charge in [-0.3, -0.25) is 4.79 Å². The standard InChI is InChI=1S/C28H29OP/c29-27(21-22-18-19-22)26-17-10-20-30(25-15-8-3-9-16-25)28(26,23-11-4-1-5-12-23)24-13-6-2-7-14-24/h1-9,11-16,22,26H,10,17-21H2. The van der Waals surface area contributed by atoms with Crippen LogP contribution in [0.2, 0.25) is 0 Å². The van der Waals surface area contributed by atoms with Crippen molar-refractivity contribution in [2.45, 2.75) is 37.3 Å². The van der Waals surface area contributed by atoms with Gasteiger partial charge in [-0.25, -0.2) is 0 Å². The Kier molecular flexibility index (Phi) is 5.57. The van der Waals surface area contributed by atoms with E-state index in [1.165, 1.54) is 35.4 Å². The fourth-order valence-electron chi connectivity index (χ4n) is 5.38. The van der Waals surface area contributed by atoms with E-state index in [-0.39, 0.29) is 11.1 Å². The third kappa shape index (κ3) is 3.54. The van der Waals surface area contributed by atoms with Crippen LogP contribution in [0.5, 0.6) is 0 Å². The number of benzene rings is 3. The topological polar surface area (TPSA) is 17.1 Å². The van der Waals surface area contributed by atoms with Gasteiger partial charge in [0.1, 0.15) is 5.78 Å². The molecule has 1 aliphatic heterocycles. The average Bonchev–Trinajstić information content (AvgIpc) is 3.64. The van der Waals surface area contributed by atoms with E-state index in [0.717, 1.165) is 19.3 Å². The highest BCUT2D eigenvalue weighted by atomic mass is 31.1. The lowest BCUT2D eigenvalue weighted by molar-refractivity contribution is -0.124. The highest BCUT2D eigenvalue weighted by molar-refractivity contribution is 7.67. The van der Waals surface area contributed by atoms with Crippen molar-refractivity contribution in [3.63, 3.8) is 0 Å². The maximum Gasteiger partial charge on any atom is 0.137 e. The lowest BCUT2D eigenvalue weighted by Gasteiger charge is -2.50. The van der Waals surface area contributed by atoms with Crippen LogP contribution in [0.4, 0.5) is 0 Å². The molecule has 0 aromatic heterocycles. The van der Waals surface area contributed by atoms with Crippen LogP contribution in [0.15, 0.2) is 91.0 Å². The molecule has 1 heterocycles. The van der Waals surface area contributed by atoms with E-state index in [2.05, 4.69) is 91.0 Å². The molecule has 1 nitrogen and oxygen atoms in total. The van der Waals surface area contributed by atoms with Crippen LogP contribution >= 0.6 is 7.92 Å². The summed E-state index contributed by atoms with van der Waals surface area (Å²) in [6.07, 6.45) is 6.55. The predicted molar refractivity (Wildman–Crippen MR) is 127 cm³/mol. The van der Waals surface area contributed by atoms with Gasteiger partial charge in [-0.15, -0.1) is 0 Å². The van der Waals surface area contributed by atoms with E-state index < -0.39 is 7.92 Å². The zero-order valence-electron chi connectivity index (χ0n) is 17.4. The largest absolute Gasteiger partial charge is 0.299 e. The minimum Gasteiger partial charge on any atom is -0.299 e. The SMILES string of the molecule is O=C(CC1CC1)C1CCCP(c2ccccc2)C1(c1ccccc1)c1ccccc1. The minimum absolute atomic E-state index is 0.0583. The molecule has 0 N–H and O–H groups in total. The van der Waals surface area contributed by atoms with Gasteiger partial charge in [-0.05, 0) is 54.2 Å². The Hall–Kier alpha value is -2.24. The first-order valence-corrected chi connectivity index (χ1v) is 12.8. The van der Waals surface area contributed by atoms with Crippen LogP contribution in [0.1, 0.15) is 43.2 Å². The fourth-order valence-corrected chi connectivity index (χ4v) is 9.00. The van der Waals surface area contributed by atoms with Crippen LogP contribution in [-0.4, -0.2) is 11.9 Å². The lowest BCUT2D eigenvalue weighted by atomic mass is 9.74. The molecule has 5 rings (SSSR count). The number of carbonyl (C=O) groups excluding carboxylic acids is 1. The molecule has 3 aromatic carbocycles. The third-order valence-electron chi connectivity index (χ3n) is 6.88. The first-order chi connectivity index (χ1) is 14.8. The van der Waals surface area contributed by atoms with Gasteiger partial charge >= 0.3 is 0 Å². The molecule has 1 saturated carbocycles. The maximum absolute atomic E-state index is 13.8. The summed E-state index contributed by atoms with van der Waals surface area (Å²) in [4.78, 5) is 13.8. The summed E-state index contributed by atoms with van der Waals surface area (Å²) < 4.78 is 0. The highest BCUT2D eigenvalue weighted by Crippen LogP contribution is 2.67. The van der Waals surface area contributed by atoms with Crippen LogP contribution in [0, 0.1) is 11.8 Å². The monoisotopic (exact) mass is 412 g/mol. The fraction of sp³-hybridized carbons (Fsp3) is 0.321. The first kappa shape index (κ1) is 19.7. The van der Waals surface area contributed by atoms with Gasteiger partial charge in [0.25, 0.3) is 0 Å². The third-order valence-corrected chi connectivity index (χ3v) is 10.2. The van der Waals surface area contributed by atoms with Gasteiger partial charge in [0.2, 0.25) is 0 Å². The molecule has 2 atom stereocenters. The van der Waals surface area contributed by atoms with Crippen LogP contribution < -0.4 is 5.30 Å². The van der Waals surface area contributed by atoms with E-state index in [1.54, 1.807) is 0 Å². The van der Waals surface area contributed by atoms with Gasteiger partial charge in [-0.1, -0.05) is 98.9 Å². The predicted octanol–water partition coefficient (Wildman–Crippen LogP) is 6.52. The highest BCUT2D eigenvalue weighted by Gasteiger charge is 2.53. The van der Waals surface area contributed by atoms with Crippen LogP contribution in [0.3, 0.4) is 0 Å². The minimum atomic E-state index is -0.564. The van der Waals surface area contributed by atoms with E-state index in [4.69, 9.17) is 0 Å². The molecule has 0 radical (unpaired) electrons. The second kappa shape index (κ2) is 8.48. The van der Waals surface area contributed by atoms with Gasteiger partial charge in [-0.2, -0.15) is 0 Å². The quantitative estimate of drug-likeness (QED) is 0.422. The van der Waals surface area contributed by atoms with Gasteiger partial charge in [0.15, 0.2) is 0 Å². The van der Waals surface area contributed by atoms with Crippen molar-refractivity contribution >= 4 is 19.0 Å². The molecule has 2 fully saturated rings. The summed E-state index contributed by atoms with van der Waals surface area (Å²) in [5.74, 6) is 1.18. The van der Waals surface area contributed by atoms with Crippen molar-refractivity contribution in [3.8, 4) is 0 Å². The van der Waals surface area contributed by atoms with Crippen molar-refractivity contribution in [1.29, 1.82) is 0 Å². The molecule has 0 amide bonds. The Morgan fingerprint density at radius 2 is 1.30 bits per heavy atom. The molecule has 0 bridgehead atoms. The molecule has 3 aromatic rings. The van der Waals surface area contributed by atoms with Crippen molar-refractivity contribution in [2.24, 2.45) is 11.8 Å². The second-order valence-corrected chi connectivity index (χ2v) is 11.3. The number of hydrogen-bond acceptors (Lipinski definition) is 1. The van der Waals surface area contributed by atoms with Gasteiger partial charge in [0.05, 0.1) is 5.16 Å². The van der Waals surface area contributed by atoms with Crippen LogP contribution in [0.25, 0.3) is 0 Å². The van der Waals surface area contributed by atoms with Gasteiger partial charge in [0, 0.05) is 12.3 Å². The summed E-state index contributed by atoms with van der Waals surface area (Å²) >= 11 is 0. The molecule has 2 heteroatoms. The Morgan fingerprint density at radius 1 is 0.767 bits per heavy atom. The normalized spacial score (nSPS) is 23.1. The average molecular weight is 413 g/mol. The van der Waals surface area contributed by atoms with Crippen molar-refractivity contribution in [2.75, 3.05) is 6.16 Å². The lowest BCUT2D eigenvalue weighted by Crippen LogP contribution is -2.45. The summed E-state index contributed by atoms with van der Waals surface area (Å²) in [6, 6.07) is 32.9. The summed E-state index contributed by atoms with van der Waals surface area (Å²) in [5.41, 5.74) is 2.64. The molecule has 1 aliphatic carbocycles. The Morgan fingerprint density at radius 3 is 1.83 bits per heavy atom. The van der Waals surface area contributed by atoms with E-state index in [9.17, 15) is 4.79 Å². The zero-order valence-corrected chi connectivity index (χ0v) is 18.3. The molecule has 1 saturated heterocycles. The summed E-state index contributed by atoms with van der Waals surface area (Å²) in [7, 11) is -0.564. The van der Waals surface area contributed by atoms with Crippen molar-refractivity contribution < 1.29 is 4.79 Å². The Bertz CT molecular complexity index is 939. The molecule has 152 valence electrons. The summed E-state index contributed by atoms with van der Waals surface area (Å²) in [5, 5.41) is 1.17. The summed E-state index contributed by atoms with van der Waals surface area (Å²) in [6.45, 7) is 0. The van der Waals surface area contributed by atoms with Crippen LogP contribution in [-0.2, 0) is 9.95 Å². The second-order valence-electron chi connectivity index (χ2n) is 8.79. The van der Waals surface area contributed by atoms with Gasteiger partial charge < -0.3 is 0 Å². The molecule has 2 aliphatic rings. The molecular formula is C28H29OP. The van der Waals surface area contributed by atoms with E-state index >= 15 is 0 Å². The maximum atomic E-state index is 13.8. The Balaban J connectivity index is 1.75. The smallest absolute Gasteiger partial charge is 0.137 e. The molecule has 0 spiro atoms. The number of carbonyl (C=O) groups is 1. The number of rotatable bonds is 6. The van der Waals surface area contributed by atoms with E-state index in [1.807, 2.05) is 0 Å². The molecular weight excluding hydrogens is 383 g/mol. The molecule has 30 heavy (non-hydrogen) atoms. The number of ketones is 1.